The maximum absolute atomic E-state index is 13.2. The Morgan fingerprint density at radius 3 is 2.43 bits per heavy atom. The zero-order valence-electron chi connectivity index (χ0n) is 19.5. The van der Waals surface area contributed by atoms with E-state index in [-0.39, 0.29) is 5.57 Å². The summed E-state index contributed by atoms with van der Waals surface area (Å²) in [6.45, 7) is 5.08. The molecule has 3 aromatic rings. The van der Waals surface area contributed by atoms with Crippen LogP contribution in [-0.2, 0) is 16.1 Å². The highest BCUT2D eigenvalue weighted by Crippen LogP contribution is 2.26. The van der Waals surface area contributed by atoms with Crippen LogP contribution >= 0.6 is 11.6 Å². The molecule has 2 heterocycles. The van der Waals surface area contributed by atoms with E-state index in [0.29, 0.717) is 41.2 Å². The average molecular weight is 492 g/mol. The molecule has 1 atom stereocenters. The Balaban J connectivity index is 1.51. The number of aromatic nitrogens is 1. The lowest BCUT2D eigenvalue weighted by Gasteiger charge is -2.26. The third-order valence-electron chi connectivity index (χ3n) is 6.01. The standard InChI is InChI=1S/C27H26ClN3O4/c1-3-18(2)19-6-10-21(11-7-19)31-26(33)24(25(32)29-27(31)34)17-22-5-4-14-30(22)15-16-35-23-12-8-20(28)9-13-23/h4-14,17-18H,3,15-16H2,1-2H3,(H,29,32,34)/b24-17+/t18-/m1/s1. The lowest BCUT2D eigenvalue weighted by atomic mass is 9.98. The van der Waals surface area contributed by atoms with Gasteiger partial charge in [-0.2, -0.15) is 0 Å². The van der Waals surface area contributed by atoms with Crippen LogP contribution < -0.4 is 15.0 Å². The van der Waals surface area contributed by atoms with Gasteiger partial charge >= 0.3 is 6.03 Å². The maximum atomic E-state index is 13.2. The van der Waals surface area contributed by atoms with Crippen LogP contribution in [0.4, 0.5) is 10.5 Å². The highest BCUT2D eigenvalue weighted by molar-refractivity contribution is 6.39. The van der Waals surface area contributed by atoms with E-state index in [0.717, 1.165) is 16.9 Å². The number of barbiturate groups is 1. The molecule has 0 bridgehead atoms. The molecule has 1 aliphatic heterocycles. The van der Waals surface area contributed by atoms with Crippen molar-refractivity contribution in [3.63, 3.8) is 0 Å². The number of benzene rings is 2. The Kier molecular flexibility index (Phi) is 7.36. The van der Waals surface area contributed by atoms with Crippen LogP contribution in [0.25, 0.3) is 6.08 Å². The maximum Gasteiger partial charge on any atom is 0.335 e. The SMILES string of the molecule is CC[C@@H](C)c1ccc(N2C(=O)NC(=O)/C(=C\c3cccn3CCOc3ccc(Cl)cc3)C2=O)cc1. The third-order valence-corrected chi connectivity index (χ3v) is 6.26. The molecule has 0 radical (unpaired) electrons. The summed E-state index contributed by atoms with van der Waals surface area (Å²) in [6.07, 6.45) is 4.31. The van der Waals surface area contributed by atoms with Gasteiger partial charge in [-0.25, -0.2) is 9.69 Å². The van der Waals surface area contributed by atoms with Gasteiger partial charge < -0.3 is 9.30 Å². The fourth-order valence-electron chi connectivity index (χ4n) is 3.78. The average Bonchev–Trinajstić information content (AvgIpc) is 3.29. The van der Waals surface area contributed by atoms with Gasteiger partial charge in [-0.05, 0) is 72.5 Å². The topological polar surface area (TPSA) is 80.6 Å². The number of carbonyl (C=O) groups is 3. The van der Waals surface area contributed by atoms with Gasteiger partial charge in [0.25, 0.3) is 11.8 Å². The highest BCUT2D eigenvalue weighted by atomic mass is 35.5. The Hall–Kier alpha value is -3.84. The number of rotatable bonds is 8. The van der Waals surface area contributed by atoms with E-state index in [9.17, 15) is 14.4 Å². The van der Waals surface area contributed by atoms with Crippen LogP contribution in [0.5, 0.6) is 5.75 Å². The molecule has 35 heavy (non-hydrogen) atoms. The van der Waals surface area contributed by atoms with Crippen molar-refractivity contribution in [2.24, 2.45) is 0 Å². The molecule has 1 saturated heterocycles. The number of nitrogens with one attached hydrogen (secondary N) is 1. The quantitative estimate of drug-likeness (QED) is 0.338. The summed E-state index contributed by atoms with van der Waals surface area (Å²) in [5, 5.41) is 2.90. The zero-order chi connectivity index (χ0) is 24.9. The molecule has 0 unspecified atom stereocenters. The van der Waals surface area contributed by atoms with E-state index in [1.807, 2.05) is 29.0 Å². The minimum absolute atomic E-state index is 0.117. The minimum Gasteiger partial charge on any atom is -0.492 e. The number of amides is 4. The lowest BCUT2D eigenvalue weighted by molar-refractivity contribution is -0.122. The molecule has 180 valence electrons. The van der Waals surface area contributed by atoms with Gasteiger partial charge in [0, 0.05) is 16.9 Å². The number of hydrogen-bond donors (Lipinski definition) is 1. The molecular formula is C27H26ClN3O4. The highest BCUT2D eigenvalue weighted by Gasteiger charge is 2.37. The molecular weight excluding hydrogens is 466 g/mol. The first-order chi connectivity index (χ1) is 16.9. The van der Waals surface area contributed by atoms with Crippen molar-refractivity contribution in [2.75, 3.05) is 11.5 Å². The normalized spacial score (nSPS) is 15.9. The largest absolute Gasteiger partial charge is 0.492 e. The molecule has 7 nitrogen and oxygen atoms in total. The number of imide groups is 2. The second-order valence-electron chi connectivity index (χ2n) is 8.29. The first kappa shape index (κ1) is 24.3. The molecule has 4 rings (SSSR count). The summed E-state index contributed by atoms with van der Waals surface area (Å²) >= 11 is 5.90. The molecule has 1 N–H and O–H groups in total. The van der Waals surface area contributed by atoms with E-state index in [1.54, 1.807) is 42.5 Å². The van der Waals surface area contributed by atoms with Gasteiger partial charge in [0.05, 0.1) is 12.2 Å². The van der Waals surface area contributed by atoms with Crippen molar-refractivity contribution < 1.29 is 19.1 Å². The molecule has 1 aliphatic rings. The predicted molar refractivity (Wildman–Crippen MR) is 136 cm³/mol. The Labute approximate surface area is 208 Å². The summed E-state index contributed by atoms with van der Waals surface area (Å²) in [6, 6.07) is 17.2. The van der Waals surface area contributed by atoms with Crippen LogP contribution in [0.2, 0.25) is 5.02 Å². The Bertz CT molecular complexity index is 1260. The Morgan fingerprint density at radius 2 is 1.74 bits per heavy atom. The predicted octanol–water partition coefficient (Wildman–Crippen LogP) is 5.40. The minimum atomic E-state index is -0.764. The second-order valence-corrected chi connectivity index (χ2v) is 8.72. The lowest BCUT2D eigenvalue weighted by Crippen LogP contribution is -2.54. The van der Waals surface area contributed by atoms with E-state index in [1.165, 1.54) is 6.08 Å². The van der Waals surface area contributed by atoms with Gasteiger partial charge in [0.15, 0.2) is 0 Å². The third kappa shape index (κ3) is 5.46. The van der Waals surface area contributed by atoms with Crippen molar-refractivity contribution >= 4 is 41.2 Å². The number of nitrogens with zero attached hydrogens (tertiary/aromatic N) is 2. The van der Waals surface area contributed by atoms with Gasteiger partial charge in [0.2, 0.25) is 0 Å². The molecule has 0 saturated carbocycles. The van der Waals surface area contributed by atoms with Crippen LogP contribution in [0, 0.1) is 0 Å². The van der Waals surface area contributed by atoms with Crippen LogP contribution in [0.3, 0.4) is 0 Å². The molecule has 0 spiro atoms. The van der Waals surface area contributed by atoms with Crippen molar-refractivity contribution in [1.82, 2.24) is 9.88 Å². The summed E-state index contributed by atoms with van der Waals surface area (Å²) in [5.74, 6) is -0.335. The monoisotopic (exact) mass is 491 g/mol. The molecule has 2 aromatic carbocycles. The first-order valence-electron chi connectivity index (χ1n) is 11.4. The van der Waals surface area contributed by atoms with E-state index < -0.39 is 17.8 Å². The number of anilines is 1. The summed E-state index contributed by atoms with van der Waals surface area (Å²) in [4.78, 5) is 39.3. The molecule has 1 aromatic heterocycles. The molecule has 1 fully saturated rings. The van der Waals surface area contributed by atoms with Crippen molar-refractivity contribution in [3.05, 3.63) is 88.7 Å². The van der Waals surface area contributed by atoms with Crippen LogP contribution in [0.15, 0.2) is 72.4 Å². The summed E-state index contributed by atoms with van der Waals surface area (Å²) < 4.78 is 7.61. The fourth-order valence-corrected chi connectivity index (χ4v) is 3.91. The Morgan fingerprint density at radius 1 is 1.03 bits per heavy atom. The second kappa shape index (κ2) is 10.6. The number of hydrogen-bond acceptors (Lipinski definition) is 4. The fraction of sp³-hybridized carbons (Fsp3) is 0.222. The van der Waals surface area contributed by atoms with Gasteiger partial charge in [-0.1, -0.05) is 37.6 Å². The van der Waals surface area contributed by atoms with E-state index >= 15 is 0 Å². The van der Waals surface area contributed by atoms with Gasteiger partial charge in [0.1, 0.15) is 17.9 Å². The van der Waals surface area contributed by atoms with Gasteiger partial charge in [-0.15, -0.1) is 0 Å². The first-order valence-corrected chi connectivity index (χ1v) is 11.8. The number of ether oxygens (including phenoxy) is 1. The molecule has 8 heteroatoms. The summed E-state index contributed by atoms with van der Waals surface area (Å²) in [7, 11) is 0. The molecule has 4 amide bonds. The van der Waals surface area contributed by atoms with Crippen molar-refractivity contribution in [1.29, 1.82) is 0 Å². The van der Waals surface area contributed by atoms with E-state index in [2.05, 4.69) is 19.2 Å². The van der Waals surface area contributed by atoms with Gasteiger partial charge in [-0.3, -0.25) is 14.9 Å². The van der Waals surface area contributed by atoms with E-state index in [4.69, 9.17) is 16.3 Å². The zero-order valence-corrected chi connectivity index (χ0v) is 20.3. The smallest absolute Gasteiger partial charge is 0.335 e. The van der Waals surface area contributed by atoms with Crippen molar-refractivity contribution in [3.8, 4) is 5.75 Å². The van der Waals surface area contributed by atoms with Crippen molar-refractivity contribution in [2.45, 2.75) is 32.7 Å². The number of halogens is 1. The van der Waals surface area contributed by atoms with Crippen LogP contribution in [-0.4, -0.2) is 29.0 Å². The number of urea groups is 1. The summed E-state index contributed by atoms with van der Waals surface area (Å²) in [5.41, 5.74) is 2.05. The number of carbonyl (C=O) groups excluding carboxylic acids is 3. The molecule has 0 aliphatic carbocycles. The van der Waals surface area contributed by atoms with Crippen LogP contribution in [0.1, 0.15) is 37.4 Å².